The van der Waals surface area contributed by atoms with E-state index in [1.807, 2.05) is 27.7 Å². The van der Waals surface area contributed by atoms with E-state index in [0.717, 1.165) is 0 Å². The van der Waals surface area contributed by atoms with E-state index in [-0.39, 0.29) is 28.0 Å². The second-order valence-corrected chi connectivity index (χ2v) is 10.3. The van der Waals surface area contributed by atoms with Gasteiger partial charge in [0.1, 0.15) is 0 Å². The molecule has 0 aliphatic rings. The molecule has 0 heterocycles. The third kappa shape index (κ3) is 6.35. The van der Waals surface area contributed by atoms with E-state index in [1.165, 1.54) is 46.8 Å². The van der Waals surface area contributed by atoms with Crippen molar-refractivity contribution in [1.82, 2.24) is 4.31 Å². The second kappa shape index (κ2) is 10.0. The Hall–Kier alpha value is -2.78. The zero-order valence-electron chi connectivity index (χ0n) is 18.5. The van der Waals surface area contributed by atoms with Crippen LogP contribution in [0.25, 0.3) is 0 Å². The molecule has 8 nitrogen and oxygen atoms in total. The Morgan fingerprint density at radius 3 is 2.06 bits per heavy atom. The first-order valence-electron chi connectivity index (χ1n) is 10.1. The number of carbonyl (C=O) groups excluding carboxylic acids is 1. The van der Waals surface area contributed by atoms with Crippen LogP contribution in [0.3, 0.4) is 0 Å². The molecule has 0 unspecified atom stereocenters. The van der Waals surface area contributed by atoms with E-state index in [9.17, 15) is 23.3 Å². The Morgan fingerprint density at radius 1 is 1.03 bits per heavy atom. The van der Waals surface area contributed by atoms with E-state index >= 15 is 0 Å². The highest BCUT2D eigenvalue weighted by Gasteiger charge is 2.26. The summed E-state index contributed by atoms with van der Waals surface area (Å²) >= 11 is 0. The molecular weight excluding hydrogens is 418 g/mol. The minimum Gasteiger partial charge on any atom is -0.322 e. The highest BCUT2D eigenvalue weighted by molar-refractivity contribution is 7.89. The number of hydrogen-bond acceptors (Lipinski definition) is 5. The van der Waals surface area contributed by atoms with Crippen LogP contribution in [0.15, 0.2) is 47.4 Å². The van der Waals surface area contributed by atoms with Gasteiger partial charge in [-0.05, 0) is 49.1 Å². The van der Waals surface area contributed by atoms with E-state index in [1.54, 1.807) is 6.92 Å². The number of nitro groups is 1. The van der Waals surface area contributed by atoms with Gasteiger partial charge in [-0.1, -0.05) is 33.8 Å². The van der Waals surface area contributed by atoms with Gasteiger partial charge in [0.25, 0.3) is 11.6 Å². The zero-order chi connectivity index (χ0) is 23.3. The average Bonchev–Trinajstić information content (AvgIpc) is 2.67. The molecule has 2 aromatic rings. The highest BCUT2D eigenvalue weighted by atomic mass is 32.2. The molecule has 1 amide bonds. The van der Waals surface area contributed by atoms with Crippen LogP contribution in [-0.4, -0.2) is 36.6 Å². The smallest absolute Gasteiger partial charge is 0.273 e. The Kier molecular flexibility index (Phi) is 7.91. The number of rotatable bonds is 9. The van der Waals surface area contributed by atoms with E-state index in [0.29, 0.717) is 24.3 Å². The van der Waals surface area contributed by atoms with Crippen molar-refractivity contribution in [3.05, 3.63) is 63.7 Å². The average molecular weight is 448 g/mol. The fourth-order valence-electron chi connectivity index (χ4n) is 3.10. The van der Waals surface area contributed by atoms with Gasteiger partial charge >= 0.3 is 0 Å². The Bertz CT molecular complexity index is 1040. The zero-order valence-corrected chi connectivity index (χ0v) is 19.3. The Morgan fingerprint density at radius 2 is 1.58 bits per heavy atom. The molecule has 0 aliphatic heterocycles. The molecule has 0 aliphatic carbocycles. The maximum atomic E-state index is 13.1. The van der Waals surface area contributed by atoms with Crippen LogP contribution in [0.2, 0.25) is 0 Å². The lowest BCUT2D eigenvalue weighted by Gasteiger charge is -2.25. The number of nitrogens with one attached hydrogen (secondary N) is 1. The van der Waals surface area contributed by atoms with Crippen LogP contribution in [0, 0.1) is 28.9 Å². The lowest BCUT2D eigenvalue weighted by molar-refractivity contribution is -0.385. The van der Waals surface area contributed by atoms with Gasteiger partial charge in [0.05, 0.1) is 9.82 Å². The van der Waals surface area contributed by atoms with Crippen molar-refractivity contribution >= 4 is 27.3 Å². The van der Waals surface area contributed by atoms with Crippen LogP contribution >= 0.6 is 0 Å². The number of amides is 1. The quantitative estimate of drug-likeness (QED) is 0.451. The molecule has 9 heteroatoms. The first kappa shape index (κ1) is 24.5. The Balaban J connectivity index is 2.22. The number of nitrogens with zero attached hydrogens (tertiary/aromatic N) is 2. The fourth-order valence-corrected chi connectivity index (χ4v) is 4.86. The van der Waals surface area contributed by atoms with Gasteiger partial charge < -0.3 is 5.32 Å². The number of sulfonamides is 1. The van der Waals surface area contributed by atoms with E-state index in [2.05, 4.69) is 5.32 Å². The first-order chi connectivity index (χ1) is 14.4. The molecule has 0 saturated carbocycles. The molecule has 0 fully saturated rings. The summed E-state index contributed by atoms with van der Waals surface area (Å²) in [5.41, 5.74) is 0.869. The van der Waals surface area contributed by atoms with Crippen molar-refractivity contribution in [3.63, 3.8) is 0 Å². The van der Waals surface area contributed by atoms with Crippen LogP contribution in [0.1, 0.15) is 43.6 Å². The van der Waals surface area contributed by atoms with Gasteiger partial charge in [0.15, 0.2) is 0 Å². The molecular formula is C22H29N3O5S. The second-order valence-electron chi connectivity index (χ2n) is 8.35. The summed E-state index contributed by atoms with van der Waals surface area (Å²) in [5, 5.41) is 13.7. The monoisotopic (exact) mass is 447 g/mol. The van der Waals surface area contributed by atoms with E-state index in [4.69, 9.17) is 0 Å². The van der Waals surface area contributed by atoms with Gasteiger partial charge in [-0.2, -0.15) is 4.31 Å². The summed E-state index contributed by atoms with van der Waals surface area (Å²) in [6.07, 6.45) is 0. The molecule has 0 bridgehead atoms. The molecule has 0 saturated heterocycles. The predicted molar refractivity (Wildman–Crippen MR) is 121 cm³/mol. The highest BCUT2D eigenvalue weighted by Crippen LogP contribution is 2.23. The molecule has 0 spiro atoms. The molecule has 2 rings (SSSR count). The van der Waals surface area contributed by atoms with Crippen LogP contribution < -0.4 is 5.32 Å². The fraction of sp³-hybridized carbons (Fsp3) is 0.409. The largest absolute Gasteiger partial charge is 0.322 e. The summed E-state index contributed by atoms with van der Waals surface area (Å²) < 4.78 is 27.6. The summed E-state index contributed by atoms with van der Waals surface area (Å²) in [4.78, 5) is 23.2. The molecule has 0 aromatic heterocycles. The van der Waals surface area contributed by atoms with Crippen molar-refractivity contribution in [2.24, 2.45) is 11.8 Å². The lowest BCUT2D eigenvalue weighted by atomic mass is 10.1. The summed E-state index contributed by atoms with van der Waals surface area (Å²) in [6.45, 7) is 10.3. The van der Waals surface area contributed by atoms with Crippen LogP contribution in [0.5, 0.6) is 0 Å². The Labute approximate surface area is 183 Å². The molecule has 0 atom stereocenters. The van der Waals surface area contributed by atoms with Crippen molar-refractivity contribution < 1.29 is 18.1 Å². The van der Waals surface area contributed by atoms with Crippen LogP contribution in [-0.2, 0) is 10.0 Å². The van der Waals surface area contributed by atoms with Gasteiger partial charge in [0, 0.05) is 36.0 Å². The molecule has 0 radical (unpaired) electrons. The van der Waals surface area contributed by atoms with Gasteiger partial charge in [0.2, 0.25) is 10.0 Å². The normalized spacial score (nSPS) is 11.9. The molecule has 1 N–H and O–H groups in total. The third-order valence-corrected chi connectivity index (χ3v) is 6.40. The van der Waals surface area contributed by atoms with Gasteiger partial charge in [-0.3, -0.25) is 14.9 Å². The van der Waals surface area contributed by atoms with Crippen LogP contribution in [0.4, 0.5) is 11.4 Å². The molecule has 168 valence electrons. The minimum atomic E-state index is -3.66. The van der Waals surface area contributed by atoms with Gasteiger partial charge in [-0.15, -0.1) is 0 Å². The van der Waals surface area contributed by atoms with Gasteiger partial charge in [-0.25, -0.2) is 8.42 Å². The van der Waals surface area contributed by atoms with Crippen molar-refractivity contribution in [1.29, 1.82) is 0 Å². The van der Waals surface area contributed by atoms with E-state index < -0.39 is 20.9 Å². The number of nitro benzene ring substituents is 1. The standard InChI is InChI=1S/C22H29N3O5S/c1-15(2)13-24(14-16(3)4)31(29,30)20-10-8-19(9-11-20)23-22(26)18-7-6-17(5)21(12-18)25(27)28/h6-12,15-16H,13-14H2,1-5H3,(H,23,26). The SMILES string of the molecule is Cc1ccc(C(=O)Nc2ccc(S(=O)(=O)N(CC(C)C)CC(C)C)cc2)cc1[N+](=O)[O-]. The summed E-state index contributed by atoms with van der Waals surface area (Å²) in [7, 11) is -3.66. The third-order valence-electron chi connectivity index (χ3n) is 4.56. The number of carbonyl (C=O) groups is 1. The first-order valence-corrected chi connectivity index (χ1v) is 11.5. The molecule has 31 heavy (non-hydrogen) atoms. The summed E-state index contributed by atoms with van der Waals surface area (Å²) in [5.74, 6) is -0.142. The topological polar surface area (TPSA) is 110 Å². The number of benzene rings is 2. The maximum absolute atomic E-state index is 13.1. The number of aryl methyl sites for hydroxylation is 1. The maximum Gasteiger partial charge on any atom is 0.273 e. The number of anilines is 1. The minimum absolute atomic E-state index is 0.135. The lowest BCUT2D eigenvalue weighted by Crippen LogP contribution is -2.37. The van der Waals surface area contributed by atoms with Crippen molar-refractivity contribution in [2.75, 3.05) is 18.4 Å². The molecule has 2 aromatic carbocycles. The number of hydrogen-bond donors (Lipinski definition) is 1. The van der Waals surface area contributed by atoms with Crippen molar-refractivity contribution in [2.45, 2.75) is 39.5 Å². The van der Waals surface area contributed by atoms with Crippen molar-refractivity contribution in [3.8, 4) is 0 Å². The predicted octanol–water partition coefficient (Wildman–Crippen LogP) is 4.46. The summed E-state index contributed by atoms with van der Waals surface area (Å²) in [6, 6.07) is 10.2.